The van der Waals surface area contributed by atoms with Crippen LogP contribution < -0.4 is 11.1 Å². The molecule has 0 radical (unpaired) electrons. The van der Waals surface area contributed by atoms with Crippen LogP contribution >= 0.6 is 0 Å². The van der Waals surface area contributed by atoms with Gasteiger partial charge in [0.1, 0.15) is 5.69 Å². The van der Waals surface area contributed by atoms with Gasteiger partial charge in [-0.3, -0.25) is 14.4 Å². The summed E-state index contributed by atoms with van der Waals surface area (Å²) in [5, 5.41) is 7.07. The van der Waals surface area contributed by atoms with E-state index in [4.69, 9.17) is 10.5 Å². The van der Waals surface area contributed by atoms with Gasteiger partial charge in [0, 0.05) is 25.7 Å². The van der Waals surface area contributed by atoms with E-state index in [1.165, 1.54) is 6.20 Å². The Kier molecular flexibility index (Phi) is 5.58. The maximum absolute atomic E-state index is 12.2. The van der Waals surface area contributed by atoms with Crippen LogP contribution in [0.4, 0.5) is 5.69 Å². The fourth-order valence-electron chi connectivity index (χ4n) is 2.42. The fraction of sp³-hybridized carbons (Fsp3) is 0.714. The van der Waals surface area contributed by atoms with E-state index in [9.17, 15) is 4.79 Å². The molecule has 1 aliphatic heterocycles. The summed E-state index contributed by atoms with van der Waals surface area (Å²) in [6.07, 6.45) is 2.45. The number of morpholine rings is 1. The van der Waals surface area contributed by atoms with Crippen molar-refractivity contribution in [3.63, 3.8) is 0 Å². The van der Waals surface area contributed by atoms with Crippen LogP contribution in [0.3, 0.4) is 0 Å². The van der Waals surface area contributed by atoms with Gasteiger partial charge in [-0.1, -0.05) is 0 Å². The zero-order chi connectivity index (χ0) is 15.2. The lowest BCUT2D eigenvalue weighted by Crippen LogP contribution is -2.38. The van der Waals surface area contributed by atoms with Gasteiger partial charge in [-0.05, 0) is 26.8 Å². The molecule has 0 spiro atoms. The first-order chi connectivity index (χ1) is 10.1. The average molecular weight is 295 g/mol. The smallest absolute Gasteiger partial charge is 0.271 e. The predicted molar refractivity (Wildman–Crippen MR) is 81.2 cm³/mol. The van der Waals surface area contributed by atoms with Crippen LogP contribution in [0.25, 0.3) is 0 Å². The van der Waals surface area contributed by atoms with E-state index >= 15 is 0 Å². The summed E-state index contributed by atoms with van der Waals surface area (Å²) in [4.78, 5) is 14.6. The highest BCUT2D eigenvalue weighted by atomic mass is 16.5. The van der Waals surface area contributed by atoms with Gasteiger partial charge in [-0.25, -0.2) is 0 Å². The van der Waals surface area contributed by atoms with E-state index < -0.39 is 0 Å². The molecule has 0 saturated carbocycles. The van der Waals surface area contributed by atoms with Gasteiger partial charge in [0.25, 0.3) is 5.91 Å². The molecule has 2 heterocycles. The van der Waals surface area contributed by atoms with E-state index in [-0.39, 0.29) is 11.9 Å². The lowest BCUT2D eigenvalue weighted by molar-refractivity contribution is 0.0374. The number of hydrogen-bond donors (Lipinski definition) is 2. The minimum Gasteiger partial charge on any atom is -0.396 e. The Bertz CT molecular complexity index is 466. The lowest BCUT2D eigenvalue weighted by atomic mass is 10.3. The van der Waals surface area contributed by atoms with E-state index in [0.717, 1.165) is 39.3 Å². The van der Waals surface area contributed by atoms with E-state index in [0.29, 0.717) is 17.9 Å². The summed E-state index contributed by atoms with van der Waals surface area (Å²) in [7, 11) is 0. The molecule has 3 N–H and O–H groups in total. The number of anilines is 1. The van der Waals surface area contributed by atoms with Crippen molar-refractivity contribution < 1.29 is 9.53 Å². The molecular weight excluding hydrogens is 270 g/mol. The van der Waals surface area contributed by atoms with E-state index in [2.05, 4.69) is 15.3 Å². The number of nitrogens with zero attached hydrogens (tertiary/aromatic N) is 3. The largest absolute Gasteiger partial charge is 0.396 e. The monoisotopic (exact) mass is 295 g/mol. The summed E-state index contributed by atoms with van der Waals surface area (Å²) in [5.41, 5.74) is 6.72. The molecule has 21 heavy (non-hydrogen) atoms. The number of nitrogen functional groups attached to an aromatic ring is 1. The zero-order valence-corrected chi connectivity index (χ0v) is 12.8. The second-order valence-electron chi connectivity index (χ2n) is 5.55. The van der Waals surface area contributed by atoms with E-state index in [1.807, 2.05) is 13.8 Å². The fourth-order valence-corrected chi connectivity index (χ4v) is 2.42. The van der Waals surface area contributed by atoms with Crippen LogP contribution in [-0.4, -0.2) is 60.0 Å². The molecule has 0 atom stereocenters. The number of carbonyl (C=O) groups excluding carboxylic acids is 1. The molecule has 1 aromatic heterocycles. The highest BCUT2D eigenvalue weighted by Gasteiger charge is 2.18. The molecule has 1 saturated heterocycles. The molecule has 7 nitrogen and oxygen atoms in total. The first kappa shape index (κ1) is 15.8. The van der Waals surface area contributed by atoms with Crippen LogP contribution in [-0.2, 0) is 4.74 Å². The Hall–Kier alpha value is -1.60. The van der Waals surface area contributed by atoms with Gasteiger partial charge >= 0.3 is 0 Å². The summed E-state index contributed by atoms with van der Waals surface area (Å²) in [5.74, 6) is -0.152. The summed E-state index contributed by atoms with van der Waals surface area (Å²) in [6.45, 7) is 9.11. The van der Waals surface area contributed by atoms with Crippen molar-refractivity contribution in [3.8, 4) is 0 Å². The molecule has 1 fully saturated rings. The van der Waals surface area contributed by atoms with Crippen LogP contribution in [0.1, 0.15) is 36.8 Å². The molecule has 0 bridgehead atoms. The molecule has 0 unspecified atom stereocenters. The molecule has 1 aliphatic rings. The van der Waals surface area contributed by atoms with Crippen LogP contribution in [0.5, 0.6) is 0 Å². The molecule has 1 aromatic rings. The van der Waals surface area contributed by atoms with Crippen LogP contribution in [0, 0.1) is 0 Å². The second kappa shape index (κ2) is 7.42. The molecular formula is C14H25N5O2. The topological polar surface area (TPSA) is 85.4 Å². The summed E-state index contributed by atoms with van der Waals surface area (Å²) >= 11 is 0. The average Bonchev–Trinajstić information content (AvgIpc) is 2.86. The van der Waals surface area contributed by atoms with Crippen LogP contribution in [0.15, 0.2) is 6.20 Å². The number of ether oxygens (including phenoxy) is 1. The summed E-state index contributed by atoms with van der Waals surface area (Å²) < 4.78 is 6.97. The van der Waals surface area contributed by atoms with Crippen molar-refractivity contribution in [2.24, 2.45) is 0 Å². The number of nitrogens with two attached hydrogens (primary N) is 1. The number of amides is 1. The Labute approximate surface area is 125 Å². The molecule has 0 aliphatic carbocycles. The number of rotatable bonds is 6. The standard InChI is InChI=1S/C14H25N5O2/c1-11(2)19-13(12(15)10-17-19)14(20)16-4-3-5-18-6-8-21-9-7-18/h10-11H,3-9,15H2,1-2H3,(H,16,20). The molecule has 1 amide bonds. The van der Waals surface area contributed by atoms with Gasteiger partial charge in [0.15, 0.2) is 0 Å². The molecule has 0 aromatic carbocycles. The maximum Gasteiger partial charge on any atom is 0.271 e. The van der Waals surface area contributed by atoms with Crippen molar-refractivity contribution in [2.75, 3.05) is 45.1 Å². The van der Waals surface area contributed by atoms with Gasteiger partial charge in [-0.2, -0.15) is 5.10 Å². The quantitative estimate of drug-likeness (QED) is 0.746. The zero-order valence-electron chi connectivity index (χ0n) is 12.8. The van der Waals surface area contributed by atoms with Crippen LogP contribution in [0.2, 0.25) is 0 Å². The minimum absolute atomic E-state index is 0.108. The lowest BCUT2D eigenvalue weighted by Gasteiger charge is -2.26. The Morgan fingerprint density at radius 3 is 2.86 bits per heavy atom. The molecule has 7 heteroatoms. The van der Waals surface area contributed by atoms with Crippen molar-refractivity contribution in [1.82, 2.24) is 20.0 Å². The van der Waals surface area contributed by atoms with Gasteiger partial charge in [0.05, 0.1) is 25.1 Å². The molecule has 118 valence electrons. The normalized spacial score (nSPS) is 16.3. The number of nitrogens with one attached hydrogen (secondary N) is 1. The minimum atomic E-state index is -0.152. The summed E-state index contributed by atoms with van der Waals surface area (Å²) in [6, 6.07) is 0.108. The van der Waals surface area contributed by atoms with E-state index in [1.54, 1.807) is 4.68 Å². The first-order valence-corrected chi connectivity index (χ1v) is 7.51. The van der Waals surface area contributed by atoms with Crippen molar-refractivity contribution in [2.45, 2.75) is 26.3 Å². The number of aromatic nitrogens is 2. The highest BCUT2D eigenvalue weighted by Crippen LogP contribution is 2.15. The Morgan fingerprint density at radius 2 is 2.19 bits per heavy atom. The van der Waals surface area contributed by atoms with Gasteiger partial charge in [0.2, 0.25) is 0 Å². The number of carbonyl (C=O) groups is 1. The SMILES string of the molecule is CC(C)n1ncc(N)c1C(=O)NCCCN1CCOCC1. The Balaban J connectivity index is 1.78. The second-order valence-corrected chi connectivity index (χ2v) is 5.55. The molecule has 2 rings (SSSR count). The first-order valence-electron chi connectivity index (χ1n) is 7.51. The predicted octanol–water partition coefficient (Wildman–Crippen LogP) is 0.498. The maximum atomic E-state index is 12.2. The third-order valence-corrected chi connectivity index (χ3v) is 3.57. The van der Waals surface area contributed by atoms with Crippen molar-refractivity contribution in [1.29, 1.82) is 0 Å². The van der Waals surface area contributed by atoms with Crippen molar-refractivity contribution in [3.05, 3.63) is 11.9 Å². The number of hydrogen-bond acceptors (Lipinski definition) is 5. The van der Waals surface area contributed by atoms with Gasteiger partial charge in [-0.15, -0.1) is 0 Å². The highest BCUT2D eigenvalue weighted by molar-refractivity contribution is 5.97. The Morgan fingerprint density at radius 1 is 1.48 bits per heavy atom. The van der Waals surface area contributed by atoms with Gasteiger partial charge < -0.3 is 15.8 Å². The van der Waals surface area contributed by atoms with Crippen molar-refractivity contribution >= 4 is 11.6 Å². The third-order valence-electron chi connectivity index (χ3n) is 3.57. The third kappa shape index (κ3) is 4.18.